The fourth-order valence-electron chi connectivity index (χ4n) is 2.95. The van der Waals surface area contributed by atoms with E-state index in [4.69, 9.17) is 0 Å². The van der Waals surface area contributed by atoms with E-state index in [1.54, 1.807) is 17.3 Å². The number of urea groups is 1. The van der Waals surface area contributed by atoms with E-state index in [9.17, 15) is 14.7 Å². The van der Waals surface area contributed by atoms with Gasteiger partial charge in [-0.2, -0.15) is 0 Å². The number of hydrogen-bond donors (Lipinski definition) is 2. The lowest BCUT2D eigenvalue weighted by molar-refractivity contribution is -0.143. The lowest BCUT2D eigenvalue weighted by Gasteiger charge is -2.35. The predicted octanol–water partition coefficient (Wildman–Crippen LogP) is 2.28. The molecule has 1 aliphatic heterocycles. The molecular weight excluding hydrogens is 282 g/mol. The zero-order valence-electron chi connectivity index (χ0n) is 13.0. The average molecular weight is 305 g/mol. The maximum absolute atomic E-state index is 12.5. The smallest absolute Gasteiger partial charge is 0.317 e. The highest BCUT2D eigenvalue weighted by molar-refractivity contribution is 5.77. The van der Waals surface area contributed by atoms with Gasteiger partial charge in [-0.1, -0.05) is 13.8 Å². The first-order chi connectivity index (χ1) is 10.5. The van der Waals surface area contributed by atoms with E-state index in [0.29, 0.717) is 13.0 Å². The highest BCUT2D eigenvalue weighted by Gasteiger charge is 2.32. The van der Waals surface area contributed by atoms with Crippen LogP contribution in [0.1, 0.15) is 38.3 Å². The van der Waals surface area contributed by atoms with E-state index in [0.717, 1.165) is 12.0 Å². The molecule has 1 aromatic heterocycles. The number of aliphatic carboxylic acids is 1. The highest BCUT2D eigenvalue weighted by atomic mass is 16.4. The summed E-state index contributed by atoms with van der Waals surface area (Å²) in [6.07, 6.45) is 4.79. The summed E-state index contributed by atoms with van der Waals surface area (Å²) in [6.45, 7) is 4.86. The Kier molecular flexibility index (Phi) is 5.35. The van der Waals surface area contributed by atoms with Gasteiger partial charge in [0, 0.05) is 25.5 Å². The number of nitrogens with zero attached hydrogens (tertiary/aromatic N) is 2. The Labute approximate surface area is 130 Å². The van der Waals surface area contributed by atoms with Crippen molar-refractivity contribution < 1.29 is 14.7 Å². The second-order valence-electron chi connectivity index (χ2n) is 5.97. The van der Waals surface area contributed by atoms with Crippen molar-refractivity contribution in [3.63, 3.8) is 0 Å². The first-order valence-corrected chi connectivity index (χ1v) is 7.69. The van der Waals surface area contributed by atoms with E-state index in [1.165, 1.54) is 0 Å². The molecule has 2 N–H and O–H groups in total. The van der Waals surface area contributed by atoms with E-state index >= 15 is 0 Å². The number of aromatic nitrogens is 1. The molecule has 1 aliphatic rings. The molecule has 3 unspecified atom stereocenters. The van der Waals surface area contributed by atoms with Crippen molar-refractivity contribution in [2.45, 2.75) is 32.7 Å². The Morgan fingerprint density at radius 3 is 2.68 bits per heavy atom. The third kappa shape index (κ3) is 3.96. The molecule has 2 amide bonds. The fraction of sp³-hybridized carbons (Fsp3) is 0.562. The van der Waals surface area contributed by atoms with Gasteiger partial charge in [-0.25, -0.2) is 4.79 Å². The summed E-state index contributed by atoms with van der Waals surface area (Å²) < 4.78 is 0. The monoisotopic (exact) mass is 305 g/mol. The summed E-state index contributed by atoms with van der Waals surface area (Å²) in [4.78, 5) is 29.3. The zero-order chi connectivity index (χ0) is 16.1. The van der Waals surface area contributed by atoms with Gasteiger partial charge in [-0.05, 0) is 36.5 Å². The Hall–Kier alpha value is -2.11. The maximum atomic E-state index is 12.5. The summed E-state index contributed by atoms with van der Waals surface area (Å²) in [5.41, 5.74) is 1.01. The molecule has 0 bridgehead atoms. The van der Waals surface area contributed by atoms with Crippen LogP contribution in [0.2, 0.25) is 0 Å². The van der Waals surface area contributed by atoms with Crippen molar-refractivity contribution in [2.24, 2.45) is 11.8 Å². The van der Waals surface area contributed by atoms with Crippen molar-refractivity contribution in [2.75, 3.05) is 13.1 Å². The van der Waals surface area contributed by atoms with Gasteiger partial charge in [0.2, 0.25) is 0 Å². The van der Waals surface area contributed by atoms with Gasteiger partial charge in [0.05, 0.1) is 12.0 Å². The maximum Gasteiger partial charge on any atom is 0.317 e. The second-order valence-corrected chi connectivity index (χ2v) is 5.97. The van der Waals surface area contributed by atoms with Crippen LogP contribution in [0.3, 0.4) is 0 Å². The fourth-order valence-corrected chi connectivity index (χ4v) is 2.95. The molecule has 6 heteroatoms. The molecule has 6 nitrogen and oxygen atoms in total. The number of carbonyl (C=O) groups excluding carboxylic acids is 1. The molecule has 0 spiro atoms. The third-order valence-corrected chi connectivity index (χ3v) is 4.11. The Bertz CT molecular complexity index is 521. The van der Waals surface area contributed by atoms with Gasteiger partial charge < -0.3 is 15.3 Å². The highest BCUT2D eigenvalue weighted by Crippen LogP contribution is 2.23. The number of likely N-dealkylation sites (tertiary alicyclic amines) is 1. The summed E-state index contributed by atoms with van der Waals surface area (Å²) in [7, 11) is 0. The average Bonchev–Trinajstić information content (AvgIpc) is 2.52. The van der Waals surface area contributed by atoms with Crippen molar-refractivity contribution in [3.8, 4) is 0 Å². The number of rotatable bonds is 4. The van der Waals surface area contributed by atoms with Gasteiger partial charge in [-0.3, -0.25) is 9.78 Å². The minimum Gasteiger partial charge on any atom is -0.481 e. The first kappa shape index (κ1) is 16.3. The SMILES string of the molecule is CCC(NC(=O)N1CC(C)CC(C(=O)O)C1)c1ccncc1. The van der Waals surface area contributed by atoms with E-state index in [-0.39, 0.29) is 24.5 Å². The number of carboxylic acids is 1. The molecule has 1 fully saturated rings. The molecule has 3 atom stereocenters. The molecule has 0 aliphatic carbocycles. The molecule has 0 aromatic carbocycles. The molecule has 0 saturated carbocycles. The van der Waals surface area contributed by atoms with Crippen LogP contribution in [-0.4, -0.2) is 40.1 Å². The van der Waals surface area contributed by atoms with Gasteiger partial charge in [0.1, 0.15) is 0 Å². The molecule has 2 rings (SSSR count). The third-order valence-electron chi connectivity index (χ3n) is 4.11. The minimum absolute atomic E-state index is 0.0870. The molecule has 1 saturated heterocycles. The number of carbonyl (C=O) groups is 2. The number of carboxylic acid groups (broad SMARTS) is 1. The van der Waals surface area contributed by atoms with Crippen LogP contribution in [-0.2, 0) is 4.79 Å². The van der Waals surface area contributed by atoms with E-state index < -0.39 is 11.9 Å². The van der Waals surface area contributed by atoms with Crippen LogP contribution >= 0.6 is 0 Å². The van der Waals surface area contributed by atoms with Crippen LogP contribution in [0.4, 0.5) is 4.79 Å². The predicted molar refractivity (Wildman–Crippen MR) is 82.3 cm³/mol. The number of amides is 2. The normalized spacial score (nSPS) is 22.9. The quantitative estimate of drug-likeness (QED) is 0.894. The van der Waals surface area contributed by atoms with Crippen molar-refractivity contribution in [3.05, 3.63) is 30.1 Å². The van der Waals surface area contributed by atoms with Crippen LogP contribution < -0.4 is 5.32 Å². The molecule has 120 valence electrons. The van der Waals surface area contributed by atoms with Crippen LogP contribution in [0.15, 0.2) is 24.5 Å². The van der Waals surface area contributed by atoms with Crippen LogP contribution in [0.5, 0.6) is 0 Å². The Morgan fingerprint density at radius 2 is 2.09 bits per heavy atom. The van der Waals surface area contributed by atoms with Crippen molar-refractivity contribution in [1.82, 2.24) is 15.2 Å². The number of hydrogen-bond acceptors (Lipinski definition) is 3. The first-order valence-electron chi connectivity index (χ1n) is 7.69. The zero-order valence-corrected chi connectivity index (χ0v) is 13.0. The van der Waals surface area contributed by atoms with Gasteiger partial charge in [-0.15, -0.1) is 0 Å². The van der Waals surface area contributed by atoms with E-state index in [2.05, 4.69) is 10.3 Å². The van der Waals surface area contributed by atoms with Gasteiger partial charge >= 0.3 is 12.0 Å². The number of piperidine rings is 1. The Balaban J connectivity index is 2.02. The van der Waals surface area contributed by atoms with Crippen molar-refractivity contribution in [1.29, 1.82) is 0 Å². The molecule has 2 heterocycles. The molecule has 0 radical (unpaired) electrons. The summed E-state index contributed by atoms with van der Waals surface area (Å²) >= 11 is 0. The van der Waals surface area contributed by atoms with Gasteiger partial charge in [0.25, 0.3) is 0 Å². The largest absolute Gasteiger partial charge is 0.481 e. The van der Waals surface area contributed by atoms with E-state index in [1.807, 2.05) is 26.0 Å². The molecule has 1 aromatic rings. The van der Waals surface area contributed by atoms with Crippen LogP contribution in [0, 0.1) is 11.8 Å². The standard InChI is InChI=1S/C16H23N3O3/c1-3-14(12-4-6-17-7-5-12)18-16(22)19-9-11(2)8-13(10-19)15(20)21/h4-7,11,13-14H,3,8-10H2,1-2H3,(H,18,22)(H,20,21). The Morgan fingerprint density at radius 1 is 1.41 bits per heavy atom. The van der Waals surface area contributed by atoms with Crippen molar-refractivity contribution >= 4 is 12.0 Å². The second kappa shape index (κ2) is 7.24. The summed E-state index contributed by atoms with van der Waals surface area (Å²) in [5, 5.41) is 12.2. The van der Waals surface area contributed by atoms with Gasteiger partial charge in [0.15, 0.2) is 0 Å². The number of nitrogens with one attached hydrogen (secondary N) is 1. The topological polar surface area (TPSA) is 82.5 Å². The lowest BCUT2D eigenvalue weighted by Crippen LogP contribution is -2.50. The minimum atomic E-state index is -0.828. The molecule has 22 heavy (non-hydrogen) atoms. The summed E-state index contributed by atoms with van der Waals surface area (Å²) in [6, 6.07) is 3.48. The lowest BCUT2D eigenvalue weighted by atomic mass is 9.91. The summed E-state index contributed by atoms with van der Waals surface area (Å²) in [5.74, 6) is -1.11. The number of pyridine rings is 1. The molecular formula is C16H23N3O3. The van der Waals surface area contributed by atoms with Crippen LogP contribution in [0.25, 0.3) is 0 Å².